The van der Waals surface area contributed by atoms with Crippen LogP contribution in [-0.4, -0.2) is 57.3 Å². The Labute approximate surface area is 245 Å². The third-order valence-corrected chi connectivity index (χ3v) is 5.89. The Hall–Kier alpha value is -3.63. The molecular formula is C28H24Cl3NO8. The first-order valence-electron chi connectivity index (χ1n) is 11.8. The lowest BCUT2D eigenvalue weighted by atomic mass is 10.1. The SMILES string of the molecule is C[C@H](OC(=O)c1ccccc1)[C@@H](OC(=O)c1ccccc1)C(OC(=O)c1ccccc1)[C@@H](O)OC(=N)C(Cl)(Cl)Cl. The van der Waals surface area contributed by atoms with E-state index in [9.17, 15) is 19.5 Å². The standard InChI is InChI=1S/C28H24Cl3NO8/c1-17(37-23(33)18-11-5-2-6-12-18)21(38-24(34)19-13-7-3-8-14-19)22(26(36)40-27(32)28(29,30)31)39-25(35)20-15-9-4-10-16-20/h2-17,21-22,26,32,36H,1H3/t17-,21+,22?,26-/m0/s1. The van der Waals surface area contributed by atoms with E-state index in [-0.39, 0.29) is 16.7 Å². The van der Waals surface area contributed by atoms with E-state index in [1.807, 2.05) is 0 Å². The molecule has 4 atom stereocenters. The molecule has 0 saturated heterocycles. The summed E-state index contributed by atoms with van der Waals surface area (Å²) in [5.74, 6) is -3.63. The maximum atomic E-state index is 13.0. The Morgan fingerprint density at radius 1 is 0.650 bits per heavy atom. The molecule has 0 aromatic heterocycles. The summed E-state index contributed by atoms with van der Waals surface area (Å²) in [4.78, 5) is 38.9. The van der Waals surface area contributed by atoms with Crippen LogP contribution in [0.2, 0.25) is 0 Å². The number of esters is 3. The monoisotopic (exact) mass is 607 g/mol. The van der Waals surface area contributed by atoms with Crippen LogP contribution in [0.5, 0.6) is 0 Å². The van der Waals surface area contributed by atoms with E-state index < -0.39 is 52.2 Å². The number of aliphatic hydroxyl groups is 1. The van der Waals surface area contributed by atoms with Crippen molar-refractivity contribution in [2.45, 2.75) is 35.3 Å². The maximum absolute atomic E-state index is 13.0. The lowest BCUT2D eigenvalue weighted by Gasteiger charge is -2.33. The molecule has 3 aromatic carbocycles. The number of hydrogen-bond donors (Lipinski definition) is 2. The smallest absolute Gasteiger partial charge is 0.338 e. The van der Waals surface area contributed by atoms with Crippen molar-refractivity contribution in [3.8, 4) is 0 Å². The number of aliphatic hydroxyl groups excluding tert-OH is 1. The molecule has 0 saturated carbocycles. The highest BCUT2D eigenvalue weighted by Gasteiger charge is 2.44. The zero-order valence-electron chi connectivity index (χ0n) is 20.9. The first-order valence-corrected chi connectivity index (χ1v) is 12.9. The third kappa shape index (κ3) is 8.69. The largest absolute Gasteiger partial charge is 0.455 e. The number of halogens is 3. The van der Waals surface area contributed by atoms with Gasteiger partial charge in [-0.3, -0.25) is 5.41 Å². The van der Waals surface area contributed by atoms with Crippen LogP contribution in [0.3, 0.4) is 0 Å². The molecule has 210 valence electrons. The number of carbonyl (C=O) groups excluding carboxylic acids is 3. The quantitative estimate of drug-likeness (QED) is 0.0785. The summed E-state index contributed by atoms with van der Waals surface area (Å²) in [5, 5.41) is 18.8. The average Bonchev–Trinajstić information content (AvgIpc) is 2.95. The summed E-state index contributed by atoms with van der Waals surface area (Å²) in [6.07, 6.45) is -7.06. The van der Waals surface area contributed by atoms with Crippen molar-refractivity contribution in [1.82, 2.24) is 0 Å². The van der Waals surface area contributed by atoms with Gasteiger partial charge in [-0.1, -0.05) is 89.4 Å². The van der Waals surface area contributed by atoms with E-state index in [1.165, 1.54) is 43.3 Å². The molecule has 1 unspecified atom stereocenters. The van der Waals surface area contributed by atoms with Crippen molar-refractivity contribution in [2.24, 2.45) is 0 Å². The molecule has 12 heteroatoms. The van der Waals surface area contributed by atoms with Crippen LogP contribution in [0, 0.1) is 5.41 Å². The normalized spacial score (nSPS) is 14.1. The average molecular weight is 609 g/mol. The van der Waals surface area contributed by atoms with Crippen molar-refractivity contribution < 1.29 is 38.4 Å². The van der Waals surface area contributed by atoms with Crippen molar-refractivity contribution in [3.05, 3.63) is 108 Å². The Bertz CT molecular complexity index is 1300. The molecule has 0 radical (unpaired) electrons. The summed E-state index contributed by atoms with van der Waals surface area (Å²) in [5.41, 5.74) is 0.389. The van der Waals surface area contributed by atoms with Gasteiger partial charge in [0.05, 0.1) is 16.7 Å². The molecular weight excluding hydrogens is 585 g/mol. The van der Waals surface area contributed by atoms with Crippen LogP contribution in [0.15, 0.2) is 91.0 Å². The van der Waals surface area contributed by atoms with Gasteiger partial charge in [0.15, 0.2) is 6.10 Å². The highest BCUT2D eigenvalue weighted by molar-refractivity contribution is 6.76. The molecule has 0 bridgehead atoms. The highest BCUT2D eigenvalue weighted by atomic mass is 35.6. The number of benzene rings is 3. The predicted molar refractivity (Wildman–Crippen MR) is 148 cm³/mol. The Kier molecular flexibility index (Phi) is 10.9. The van der Waals surface area contributed by atoms with E-state index >= 15 is 0 Å². The van der Waals surface area contributed by atoms with Crippen molar-refractivity contribution in [2.75, 3.05) is 0 Å². The molecule has 0 aliphatic rings. The predicted octanol–water partition coefficient (Wildman–Crippen LogP) is 5.37. The van der Waals surface area contributed by atoms with E-state index in [1.54, 1.807) is 54.6 Å². The molecule has 9 nitrogen and oxygen atoms in total. The molecule has 0 aliphatic carbocycles. The van der Waals surface area contributed by atoms with E-state index in [2.05, 4.69) is 0 Å². The van der Waals surface area contributed by atoms with Gasteiger partial charge >= 0.3 is 17.9 Å². The van der Waals surface area contributed by atoms with Gasteiger partial charge in [-0.25, -0.2) is 14.4 Å². The van der Waals surface area contributed by atoms with Crippen molar-refractivity contribution in [1.29, 1.82) is 5.41 Å². The molecule has 3 rings (SSSR count). The van der Waals surface area contributed by atoms with Crippen LogP contribution in [0.4, 0.5) is 0 Å². The number of hydrogen-bond acceptors (Lipinski definition) is 9. The topological polar surface area (TPSA) is 132 Å². The summed E-state index contributed by atoms with van der Waals surface area (Å²) in [7, 11) is 0. The van der Waals surface area contributed by atoms with Crippen molar-refractivity contribution in [3.63, 3.8) is 0 Å². The summed E-state index contributed by atoms with van der Waals surface area (Å²) in [6, 6.07) is 23.5. The van der Waals surface area contributed by atoms with E-state index in [0.717, 1.165) is 0 Å². The lowest BCUT2D eigenvalue weighted by molar-refractivity contribution is -0.172. The first-order chi connectivity index (χ1) is 19.0. The van der Waals surface area contributed by atoms with Gasteiger partial charge in [0.25, 0.3) is 3.79 Å². The molecule has 0 fully saturated rings. The zero-order chi connectivity index (χ0) is 29.3. The highest BCUT2D eigenvalue weighted by Crippen LogP contribution is 2.29. The van der Waals surface area contributed by atoms with Crippen LogP contribution in [0.1, 0.15) is 38.0 Å². The lowest BCUT2D eigenvalue weighted by Crippen LogP contribution is -2.51. The van der Waals surface area contributed by atoms with E-state index in [4.69, 9.17) is 59.2 Å². The van der Waals surface area contributed by atoms with Gasteiger partial charge in [-0.05, 0) is 43.3 Å². The number of rotatable bonds is 10. The zero-order valence-corrected chi connectivity index (χ0v) is 23.2. The molecule has 0 aliphatic heterocycles. The van der Waals surface area contributed by atoms with Crippen LogP contribution < -0.4 is 0 Å². The Morgan fingerprint density at radius 2 is 1.00 bits per heavy atom. The molecule has 40 heavy (non-hydrogen) atoms. The summed E-state index contributed by atoms with van der Waals surface area (Å²) >= 11 is 17.1. The van der Waals surface area contributed by atoms with Crippen molar-refractivity contribution >= 4 is 58.6 Å². The van der Waals surface area contributed by atoms with E-state index in [0.29, 0.717) is 0 Å². The second kappa shape index (κ2) is 14.1. The molecule has 0 amide bonds. The fraction of sp³-hybridized carbons (Fsp3) is 0.214. The molecule has 0 spiro atoms. The third-order valence-electron chi connectivity index (χ3n) is 5.37. The molecule has 2 N–H and O–H groups in total. The Balaban J connectivity index is 1.99. The fourth-order valence-electron chi connectivity index (χ4n) is 3.38. The number of ether oxygens (including phenoxy) is 4. The second-order valence-electron chi connectivity index (χ2n) is 8.28. The number of alkyl halides is 3. The number of carbonyl (C=O) groups is 3. The van der Waals surface area contributed by atoms with Gasteiger partial charge in [-0.2, -0.15) is 0 Å². The minimum atomic E-state index is -2.38. The summed E-state index contributed by atoms with van der Waals surface area (Å²) in [6.45, 7) is 1.36. The van der Waals surface area contributed by atoms with Crippen LogP contribution >= 0.6 is 34.8 Å². The first kappa shape index (κ1) is 30.9. The van der Waals surface area contributed by atoms with Gasteiger partial charge in [0.2, 0.25) is 18.3 Å². The Morgan fingerprint density at radius 3 is 1.38 bits per heavy atom. The van der Waals surface area contributed by atoms with Gasteiger partial charge in [-0.15, -0.1) is 0 Å². The van der Waals surface area contributed by atoms with Gasteiger partial charge in [0, 0.05) is 0 Å². The second-order valence-corrected chi connectivity index (χ2v) is 10.6. The van der Waals surface area contributed by atoms with Crippen LogP contribution in [-0.2, 0) is 18.9 Å². The molecule has 3 aromatic rings. The maximum Gasteiger partial charge on any atom is 0.338 e. The van der Waals surface area contributed by atoms with Crippen LogP contribution in [0.25, 0.3) is 0 Å². The van der Waals surface area contributed by atoms with Gasteiger partial charge in [0.1, 0.15) is 6.10 Å². The molecule has 0 heterocycles. The number of nitrogens with one attached hydrogen (secondary N) is 1. The van der Waals surface area contributed by atoms with Gasteiger partial charge < -0.3 is 24.1 Å². The summed E-state index contributed by atoms with van der Waals surface area (Å²) < 4.78 is 19.3. The fourth-order valence-corrected chi connectivity index (χ4v) is 3.52. The minimum absolute atomic E-state index is 0.0817. The minimum Gasteiger partial charge on any atom is -0.455 e.